The van der Waals surface area contributed by atoms with Gasteiger partial charge in [-0.25, -0.2) is 0 Å². The van der Waals surface area contributed by atoms with Gasteiger partial charge >= 0.3 is 0 Å². The summed E-state index contributed by atoms with van der Waals surface area (Å²) in [5, 5.41) is 23.8. The quantitative estimate of drug-likeness (QED) is 0.225. The Morgan fingerprint density at radius 1 is 0.405 bits per heavy atom. The van der Waals surface area contributed by atoms with Crippen molar-refractivity contribution < 1.29 is 8.83 Å². The lowest BCUT2D eigenvalue weighted by Crippen LogP contribution is -1.92. The maximum absolute atomic E-state index is 10.1. The van der Waals surface area contributed by atoms with Gasteiger partial charge in [0.15, 0.2) is 0 Å². The number of fused-ring (bicyclic) bond motifs is 6. The van der Waals surface area contributed by atoms with Gasteiger partial charge in [0.05, 0.1) is 23.3 Å². The van der Waals surface area contributed by atoms with Crippen LogP contribution < -0.4 is 0 Å². The zero-order valence-electron chi connectivity index (χ0n) is 22.3. The van der Waals surface area contributed by atoms with Crippen LogP contribution in [0.25, 0.3) is 77.3 Å². The van der Waals surface area contributed by atoms with Crippen molar-refractivity contribution in [3.05, 3.63) is 132 Å². The Morgan fingerprint density at radius 2 is 0.952 bits per heavy atom. The van der Waals surface area contributed by atoms with Crippen LogP contribution in [-0.4, -0.2) is 0 Å². The van der Waals surface area contributed by atoms with E-state index < -0.39 is 0 Å². The molecule has 6 aromatic carbocycles. The highest BCUT2D eigenvalue weighted by molar-refractivity contribution is 6.08. The Kier molecular flexibility index (Phi) is 5.22. The smallest absolute Gasteiger partial charge is 0.135 e. The van der Waals surface area contributed by atoms with Crippen molar-refractivity contribution in [2.75, 3.05) is 0 Å². The van der Waals surface area contributed by atoms with E-state index in [0.717, 1.165) is 77.3 Å². The minimum atomic E-state index is 0.455. The van der Waals surface area contributed by atoms with Gasteiger partial charge in [-0.05, 0) is 82.4 Å². The molecule has 0 aliphatic carbocycles. The van der Waals surface area contributed by atoms with Crippen LogP contribution in [0.4, 0.5) is 0 Å². The predicted molar refractivity (Wildman–Crippen MR) is 167 cm³/mol. The molecule has 2 aromatic heterocycles. The van der Waals surface area contributed by atoms with Crippen LogP contribution in [-0.2, 0) is 0 Å². The van der Waals surface area contributed by atoms with Crippen molar-refractivity contribution in [2.24, 2.45) is 0 Å². The Hall–Kier alpha value is -6.10. The summed E-state index contributed by atoms with van der Waals surface area (Å²) in [6.45, 7) is 0. The topological polar surface area (TPSA) is 73.9 Å². The third-order valence-corrected chi connectivity index (χ3v) is 7.98. The third-order valence-electron chi connectivity index (χ3n) is 7.98. The lowest BCUT2D eigenvalue weighted by atomic mass is 9.88. The molecule has 0 fully saturated rings. The van der Waals surface area contributed by atoms with E-state index in [2.05, 4.69) is 66.7 Å². The molecule has 8 rings (SSSR count). The molecule has 0 aliphatic heterocycles. The van der Waals surface area contributed by atoms with E-state index in [4.69, 9.17) is 8.83 Å². The number of hydrogen-bond acceptors (Lipinski definition) is 4. The van der Waals surface area contributed by atoms with Gasteiger partial charge in [0.1, 0.15) is 22.3 Å². The zero-order chi connectivity index (χ0) is 28.2. The van der Waals surface area contributed by atoms with Crippen molar-refractivity contribution in [3.8, 4) is 45.5 Å². The van der Waals surface area contributed by atoms with Crippen LogP contribution in [0.1, 0.15) is 11.1 Å². The van der Waals surface area contributed by atoms with Crippen molar-refractivity contribution in [3.63, 3.8) is 0 Å². The minimum absolute atomic E-state index is 0.455. The Bertz CT molecular complexity index is 2450. The minimum Gasteiger partial charge on any atom is -0.456 e. The van der Waals surface area contributed by atoms with Gasteiger partial charge in [0.25, 0.3) is 0 Å². The van der Waals surface area contributed by atoms with E-state index in [-0.39, 0.29) is 0 Å². The number of furan rings is 2. The molecule has 8 aromatic rings. The average Bonchev–Trinajstić information content (AvgIpc) is 3.61. The molecule has 4 nitrogen and oxygen atoms in total. The molecule has 0 radical (unpaired) electrons. The van der Waals surface area contributed by atoms with E-state index in [1.807, 2.05) is 54.6 Å². The van der Waals surface area contributed by atoms with E-state index >= 15 is 0 Å². The number of nitriles is 2. The normalized spacial score (nSPS) is 11.3. The van der Waals surface area contributed by atoms with E-state index in [1.165, 1.54) is 0 Å². The first kappa shape index (κ1) is 23.8. The highest BCUT2D eigenvalue weighted by Gasteiger charge is 2.17. The van der Waals surface area contributed by atoms with Gasteiger partial charge in [-0.1, -0.05) is 66.7 Å². The predicted octanol–water partition coefficient (Wildman–Crippen LogP) is 10.2. The molecule has 0 amide bonds. The molecule has 0 atom stereocenters. The SMILES string of the molecule is N#Cc1ccc(-c2cc(-c3ccc4oc5ccccc5c4c3)ccc2-c2ccc3oc4ccccc4c3c2)c(C#N)c1. The van der Waals surface area contributed by atoms with Crippen molar-refractivity contribution in [1.82, 2.24) is 0 Å². The fraction of sp³-hybridized carbons (Fsp3) is 0. The molecule has 0 bridgehead atoms. The molecule has 4 heteroatoms. The largest absolute Gasteiger partial charge is 0.456 e. The zero-order valence-corrected chi connectivity index (χ0v) is 22.3. The van der Waals surface area contributed by atoms with Gasteiger partial charge in [-0.3, -0.25) is 0 Å². The van der Waals surface area contributed by atoms with E-state index in [9.17, 15) is 10.5 Å². The molecule has 0 N–H and O–H groups in total. The van der Waals surface area contributed by atoms with Crippen LogP contribution >= 0.6 is 0 Å². The van der Waals surface area contributed by atoms with Gasteiger partial charge in [0, 0.05) is 27.1 Å². The van der Waals surface area contributed by atoms with Crippen LogP contribution in [0.2, 0.25) is 0 Å². The number of rotatable bonds is 3. The summed E-state index contributed by atoms with van der Waals surface area (Å²) in [5.74, 6) is 0. The molecule has 2 heterocycles. The highest BCUT2D eigenvalue weighted by Crippen LogP contribution is 2.41. The third kappa shape index (κ3) is 3.68. The average molecular weight is 537 g/mol. The molecule has 0 spiro atoms. The summed E-state index contributed by atoms with van der Waals surface area (Å²) in [6, 6.07) is 44.7. The lowest BCUT2D eigenvalue weighted by molar-refractivity contribution is 0.668. The summed E-state index contributed by atoms with van der Waals surface area (Å²) in [6.07, 6.45) is 0. The van der Waals surface area contributed by atoms with E-state index in [1.54, 1.807) is 12.1 Å². The summed E-state index contributed by atoms with van der Waals surface area (Å²) < 4.78 is 12.1. The fourth-order valence-electron chi connectivity index (χ4n) is 5.94. The first-order valence-electron chi connectivity index (χ1n) is 13.6. The maximum atomic E-state index is 10.1. The van der Waals surface area contributed by atoms with Gasteiger partial charge < -0.3 is 8.83 Å². The molecule has 194 valence electrons. The summed E-state index contributed by atoms with van der Waals surface area (Å²) >= 11 is 0. The molecule has 0 aliphatic rings. The molecule has 0 unspecified atom stereocenters. The first-order chi connectivity index (χ1) is 20.7. The number of benzene rings is 6. The lowest BCUT2D eigenvalue weighted by Gasteiger charge is -2.15. The second-order valence-corrected chi connectivity index (χ2v) is 10.4. The van der Waals surface area contributed by atoms with Gasteiger partial charge in [-0.15, -0.1) is 0 Å². The van der Waals surface area contributed by atoms with Crippen LogP contribution in [0.15, 0.2) is 130 Å². The van der Waals surface area contributed by atoms with E-state index in [0.29, 0.717) is 11.1 Å². The number of para-hydroxylation sites is 2. The van der Waals surface area contributed by atoms with Crippen LogP contribution in [0, 0.1) is 22.7 Å². The standard InChI is InChI=1S/C38H20N2O2/c39-21-23-9-13-29(27(17-23)22-40)32-18-24(25-11-15-37-33(19-25)30-5-1-3-7-35(30)41-37)10-14-28(32)26-12-16-38-34(20-26)31-6-2-4-8-36(31)42-38/h1-20H. The van der Waals surface area contributed by atoms with Crippen molar-refractivity contribution in [2.45, 2.75) is 0 Å². The molecular formula is C38H20N2O2. The van der Waals surface area contributed by atoms with Gasteiger partial charge in [0.2, 0.25) is 0 Å². The Morgan fingerprint density at radius 3 is 1.62 bits per heavy atom. The number of nitrogens with zero attached hydrogens (tertiary/aromatic N) is 2. The molecule has 0 saturated carbocycles. The summed E-state index contributed by atoms with van der Waals surface area (Å²) in [4.78, 5) is 0. The highest BCUT2D eigenvalue weighted by atomic mass is 16.3. The van der Waals surface area contributed by atoms with Crippen LogP contribution in [0.5, 0.6) is 0 Å². The summed E-state index contributed by atoms with van der Waals surface area (Å²) in [5.41, 5.74) is 10.1. The second kappa shape index (κ2) is 9.24. The van der Waals surface area contributed by atoms with Crippen molar-refractivity contribution >= 4 is 43.9 Å². The van der Waals surface area contributed by atoms with Crippen LogP contribution in [0.3, 0.4) is 0 Å². The summed E-state index contributed by atoms with van der Waals surface area (Å²) in [7, 11) is 0. The molecule has 42 heavy (non-hydrogen) atoms. The second-order valence-electron chi connectivity index (χ2n) is 10.4. The Balaban J connectivity index is 1.36. The van der Waals surface area contributed by atoms with Crippen molar-refractivity contribution in [1.29, 1.82) is 10.5 Å². The monoisotopic (exact) mass is 536 g/mol. The molecular weight excluding hydrogens is 516 g/mol. The first-order valence-corrected chi connectivity index (χ1v) is 13.6. The number of hydrogen-bond donors (Lipinski definition) is 0. The maximum Gasteiger partial charge on any atom is 0.135 e. The molecule has 0 saturated heterocycles. The van der Waals surface area contributed by atoms with Gasteiger partial charge in [-0.2, -0.15) is 10.5 Å². The Labute approximate surface area is 240 Å². The fourth-order valence-corrected chi connectivity index (χ4v) is 5.94.